The second-order valence-electron chi connectivity index (χ2n) is 4.45. The number of nitrogens with one attached hydrogen (secondary N) is 1. The van der Waals surface area contributed by atoms with E-state index < -0.39 is 0 Å². The molecule has 1 saturated carbocycles. The second-order valence-corrected chi connectivity index (χ2v) is 4.45. The molecule has 0 spiro atoms. The van der Waals surface area contributed by atoms with Crippen LogP contribution in [0.2, 0.25) is 0 Å². The first kappa shape index (κ1) is 9.50. The molecule has 6 heteroatoms. The van der Waals surface area contributed by atoms with E-state index in [1.807, 2.05) is 12.1 Å². The van der Waals surface area contributed by atoms with Gasteiger partial charge in [0.05, 0.1) is 0 Å². The minimum absolute atomic E-state index is 0.511. The van der Waals surface area contributed by atoms with Gasteiger partial charge in [0.1, 0.15) is 5.82 Å². The Morgan fingerprint density at radius 3 is 3.06 bits per heavy atom. The Balaban J connectivity index is 1.74. The predicted octanol–water partition coefficient (Wildman–Crippen LogP) is 1.12. The maximum atomic E-state index is 4.27. The zero-order chi connectivity index (χ0) is 11.0. The molecule has 84 valence electrons. The first-order valence-corrected chi connectivity index (χ1v) is 5.61. The first-order chi connectivity index (χ1) is 7.81. The highest BCUT2D eigenvalue weighted by Gasteiger charge is 2.40. The summed E-state index contributed by atoms with van der Waals surface area (Å²) in [5.74, 6) is 0.833. The van der Waals surface area contributed by atoms with Gasteiger partial charge in [0.25, 0.3) is 0 Å². The van der Waals surface area contributed by atoms with Gasteiger partial charge in [-0.05, 0) is 47.2 Å². The molecule has 0 bridgehead atoms. The van der Waals surface area contributed by atoms with E-state index in [9.17, 15) is 0 Å². The predicted molar refractivity (Wildman–Crippen MR) is 59.0 cm³/mol. The smallest absolute Gasteiger partial charge is 0.200 e. The van der Waals surface area contributed by atoms with Crippen molar-refractivity contribution in [3.63, 3.8) is 0 Å². The van der Waals surface area contributed by atoms with E-state index in [1.54, 1.807) is 0 Å². The summed E-state index contributed by atoms with van der Waals surface area (Å²) in [7, 11) is 0. The number of hydrogen-bond acceptors (Lipinski definition) is 5. The number of aromatic nitrogens is 5. The third-order valence-corrected chi connectivity index (χ3v) is 3.42. The van der Waals surface area contributed by atoms with Gasteiger partial charge in [-0.15, -0.1) is 14.8 Å². The molecule has 0 radical (unpaired) electrons. The molecule has 1 aliphatic carbocycles. The molecule has 0 unspecified atom stereocenters. The summed E-state index contributed by atoms with van der Waals surface area (Å²) in [6, 6.07) is 3.78. The normalized spacial score (nSPS) is 17.6. The van der Waals surface area contributed by atoms with E-state index in [1.165, 1.54) is 23.9 Å². The van der Waals surface area contributed by atoms with Crippen molar-refractivity contribution in [1.29, 1.82) is 0 Å². The quantitative estimate of drug-likeness (QED) is 0.832. The van der Waals surface area contributed by atoms with E-state index >= 15 is 0 Å². The molecule has 1 N–H and O–H groups in total. The number of nitrogens with zero attached hydrogens (tertiary/aromatic N) is 5. The third-order valence-electron chi connectivity index (χ3n) is 3.42. The van der Waals surface area contributed by atoms with Crippen molar-refractivity contribution in [3.05, 3.63) is 12.1 Å². The van der Waals surface area contributed by atoms with Crippen LogP contribution in [0.5, 0.6) is 0 Å². The largest absolute Gasteiger partial charge is 0.368 e. The van der Waals surface area contributed by atoms with Crippen molar-refractivity contribution < 1.29 is 0 Å². The van der Waals surface area contributed by atoms with Gasteiger partial charge in [0.15, 0.2) is 5.65 Å². The fourth-order valence-electron chi connectivity index (χ4n) is 1.85. The molecule has 0 aromatic carbocycles. The van der Waals surface area contributed by atoms with E-state index in [0.29, 0.717) is 11.1 Å². The van der Waals surface area contributed by atoms with Crippen molar-refractivity contribution in [2.24, 2.45) is 5.41 Å². The fourth-order valence-corrected chi connectivity index (χ4v) is 1.85. The molecule has 1 aliphatic rings. The lowest BCUT2D eigenvalue weighted by Crippen LogP contribution is -2.15. The highest BCUT2D eigenvalue weighted by Crippen LogP contribution is 2.48. The van der Waals surface area contributed by atoms with Crippen LogP contribution >= 0.6 is 0 Å². The van der Waals surface area contributed by atoms with Crippen molar-refractivity contribution in [2.45, 2.75) is 26.2 Å². The first-order valence-electron chi connectivity index (χ1n) is 5.61. The van der Waals surface area contributed by atoms with Crippen LogP contribution in [0.3, 0.4) is 0 Å². The highest BCUT2D eigenvalue weighted by atomic mass is 15.6. The minimum Gasteiger partial charge on any atom is -0.368 e. The van der Waals surface area contributed by atoms with Crippen molar-refractivity contribution >= 4 is 11.5 Å². The van der Waals surface area contributed by atoms with Gasteiger partial charge in [-0.1, -0.05) is 6.92 Å². The molecular formula is C10H14N6. The Morgan fingerprint density at radius 1 is 1.44 bits per heavy atom. The SMILES string of the molecule is CCC1(CNc2ccc3nnnn3n2)CC1. The van der Waals surface area contributed by atoms with Crippen LogP contribution in [0, 0.1) is 5.41 Å². The van der Waals surface area contributed by atoms with Crippen LogP contribution in [0.15, 0.2) is 12.1 Å². The Hall–Kier alpha value is -1.72. The average molecular weight is 218 g/mol. The number of anilines is 1. The maximum Gasteiger partial charge on any atom is 0.200 e. The van der Waals surface area contributed by atoms with Crippen molar-refractivity contribution in [3.8, 4) is 0 Å². The van der Waals surface area contributed by atoms with Crippen LogP contribution < -0.4 is 5.32 Å². The summed E-state index contributed by atoms with van der Waals surface area (Å²) >= 11 is 0. The van der Waals surface area contributed by atoms with Crippen LogP contribution in [-0.4, -0.2) is 31.8 Å². The summed E-state index contributed by atoms with van der Waals surface area (Å²) in [5, 5.41) is 18.7. The number of tetrazole rings is 1. The Labute approximate surface area is 93.0 Å². The summed E-state index contributed by atoms with van der Waals surface area (Å²) in [6.07, 6.45) is 3.88. The average Bonchev–Trinajstić information content (AvgIpc) is 2.96. The number of hydrogen-bond donors (Lipinski definition) is 1. The van der Waals surface area contributed by atoms with Gasteiger partial charge < -0.3 is 5.32 Å². The molecule has 0 aliphatic heterocycles. The zero-order valence-electron chi connectivity index (χ0n) is 9.22. The summed E-state index contributed by atoms with van der Waals surface area (Å²) < 4.78 is 1.44. The van der Waals surface area contributed by atoms with Gasteiger partial charge in [-0.3, -0.25) is 0 Å². The number of fused-ring (bicyclic) bond motifs is 1. The molecular weight excluding hydrogens is 204 g/mol. The monoisotopic (exact) mass is 218 g/mol. The second kappa shape index (κ2) is 3.40. The van der Waals surface area contributed by atoms with Gasteiger partial charge in [-0.25, -0.2) is 0 Å². The molecule has 0 saturated heterocycles. The van der Waals surface area contributed by atoms with Gasteiger partial charge in [0, 0.05) is 6.54 Å². The van der Waals surface area contributed by atoms with E-state index in [-0.39, 0.29) is 0 Å². The minimum atomic E-state index is 0.511. The molecule has 6 nitrogen and oxygen atoms in total. The number of rotatable bonds is 4. The van der Waals surface area contributed by atoms with Crippen LogP contribution in [0.25, 0.3) is 5.65 Å². The van der Waals surface area contributed by atoms with E-state index in [2.05, 4.69) is 32.9 Å². The topological polar surface area (TPSA) is 68.0 Å². The Morgan fingerprint density at radius 2 is 2.31 bits per heavy atom. The lowest BCUT2D eigenvalue weighted by atomic mass is 10.0. The van der Waals surface area contributed by atoms with E-state index in [0.717, 1.165) is 12.4 Å². The summed E-state index contributed by atoms with van der Waals surface area (Å²) in [5.41, 5.74) is 1.18. The molecule has 1 fully saturated rings. The molecule has 0 atom stereocenters. The fraction of sp³-hybridized carbons (Fsp3) is 0.600. The summed E-state index contributed by atoms with van der Waals surface area (Å²) in [4.78, 5) is 0. The summed E-state index contributed by atoms with van der Waals surface area (Å²) in [6.45, 7) is 3.23. The van der Waals surface area contributed by atoms with Gasteiger partial charge in [0.2, 0.25) is 0 Å². The maximum absolute atomic E-state index is 4.27. The standard InChI is InChI=1S/C10H14N6/c1-2-10(5-6-10)7-11-8-3-4-9-12-14-15-16(9)13-8/h3-4H,2,5-7H2,1H3,(H,11,13). The molecule has 2 heterocycles. The molecule has 2 aromatic rings. The van der Waals surface area contributed by atoms with Crippen LogP contribution in [0.1, 0.15) is 26.2 Å². The van der Waals surface area contributed by atoms with Crippen molar-refractivity contribution in [2.75, 3.05) is 11.9 Å². The van der Waals surface area contributed by atoms with Gasteiger partial charge >= 0.3 is 0 Å². The van der Waals surface area contributed by atoms with Crippen molar-refractivity contribution in [1.82, 2.24) is 25.3 Å². The van der Waals surface area contributed by atoms with E-state index in [4.69, 9.17) is 0 Å². The highest BCUT2D eigenvalue weighted by molar-refractivity contribution is 5.42. The Bertz CT molecular complexity index is 501. The third kappa shape index (κ3) is 1.60. The molecule has 2 aromatic heterocycles. The molecule has 3 rings (SSSR count). The zero-order valence-corrected chi connectivity index (χ0v) is 9.22. The van der Waals surface area contributed by atoms with Crippen LogP contribution in [-0.2, 0) is 0 Å². The molecule has 0 amide bonds. The Kier molecular flexibility index (Phi) is 2.02. The lowest BCUT2D eigenvalue weighted by molar-refractivity contribution is 0.520. The molecule has 16 heavy (non-hydrogen) atoms. The van der Waals surface area contributed by atoms with Gasteiger partial charge in [-0.2, -0.15) is 0 Å². The van der Waals surface area contributed by atoms with Crippen LogP contribution in [0.4, 0.5) is 5.82 Å². The lowest BCUT2D eigenvalue weighted by Gasteiger charge is -2.13.